The van der Waals surface area contributed by atoms with Gasteiger partial charge in [-0.3, -0.25) is 0 Å². The second-order valence-corrected chi connectivity index (χ2v) is 33.5. The molecule has 0 unspecified atom stereocenters. The summed E-state index contributed by atoms with van der Waals surface area (Å²) in [6.07, 6.45) is 4.77. The molecule has 0 saturated heterocycles. The Bertz CT molecular complexity index is 3000. The molecule has 0 N–H and O–H groups in total. The summed E-state index contributed by atoms with van der Waals surface area (Å²) in [5.74, 6) is 0. The maximum absolute atomic E-state index is 2.77. The van der Waals surface area contributed by atoms with E-state index in [-0.39, 0.29) is 39.2 Å². The summed E-state index contributed by atoms with van der Waals surface area (Å²) in [4.78, 5) is 7.10. The summed E-state index contributed by atoms with van der Waals surface area (Å²) in [7, 11) is -1.47. The van der Waals surface area contributed by atoms with Crippen LogP contribution in [0.25, 0.3) is 11.1 Å². The molecule has 0 amide bonds. The van der Waals surface area contributed by atoms with E-state index in [1.165, 1.54) is 114 Å². The molecule has 3 heterocycles. The molecule has 0 bridgehead atoms. The Labute approximate surface area is 417 Å². The van der Waals surface area contributed by atoms with Crippen molar-refractivity contribution in [2.24, 2.45) is 0 Å². The van der Waals surface area contributed by atoms with Crippen LogP contribution < -0.4 is 30.7 Å². The molecule has 68 heavy (non-hydrogen) atoms. The summed E-state index contributed by atoms with van der Waals surface area (Å²) >= 11 is 2.15. The molecule has 10 rings (SSSR count). The predicted octanol–water partition coefficient (Wildman–Crippen LogP) is 15.5. The SMILES string of the molecule is Cc1cc2c3c(c1)N(c1ccc(C(C)(C)C)cc1)c1c(sc4c1C(C)(C)CCC4(C)C)B3c1cc3c(cc1N2Cc1ccc(C(C)(C)C)cc1-c1ccc([Si](C)(C)C)cc1)C(C)(C)CCC3(C)C. The Morgan fingerprint density at radius 3 is 1.76 bits per heavy atom. The van der Waals surface area contributed by atoms with Crippen molar-refractivity contribution in [2.75, 3.05) is 9.80 Å². The van der Waals surface area contributed by atoms with Gasteiger partial charge in [0.2, 0.25) is 0 Å². The van der Waals surface area contributed by atoms with Gasteiger partial charge in [-0.1, -0.05) is 182 Å². The summed E-state index contributed by atoms with van der Waals surface area (Å²) < 4.78 is 1.53. The molecule has 0 spiro atoms. The van der Waals surface area contributed by atoms with Gasteiger partial charge in [0.15, 0.2) is 0 Å². The van der Waals surface area contributed by atoms with Crippen LogP contribution in [0.5, 0.6) is 0 Å². The molecular formula is C63H79BN2SSi. The summed E-state index contributed by atoms with van der Waals surface area (Å²) in [5.41, 5.74) is 22.9. The lowest BCUT2D eigenvalue weighted by atomic mass is 9.35. The third-order valence-corrected chi connectivity index (χ3v) is 20.8. The number of rotatable bonds is 5. The number of fused-ring (bicyclic) bond motifs is 7. The van der Waals surface area contributed by atoms with Crippen molar-refractivity contribution in [3.63, 3.8) is 0 Å². The monoisotopic (exact) mass is 935 g/mol. The van der Waals surface area contributed by atoms with E-state index in [9.17, 15) is 0 Å². The quantitative estimate of drug-likeness (QED) is 0.159. The Hall–Kier alpha value is -4.32. The van der Waals surface area contributed by atoms with E-state index in [2.05, 4.69) is 236 Å². The fourth-order valence-electron chi connectivity index (χ4n) is 12.4. The van der Waals surface area contributed by atoms with Crippen molar-refractivity contribution < 1.29 is 0 Å². The molecule has 4 aliphatic rings. The minimum absolute atomic E-state index is 0.0266. The normalized spacial score (nSPS) is 18.6. The zero-order chi connectivity index (χ0) is 49.1. The van der Waals surface area contributed by atoms with Crippen LogP contribution in [-0.4, -0.2) is 14.8 Å². The summed E-state index contributed by atoms with van der Waals surface area (Å²) in [6.45, 7) is 44.8. The van der Waals surface area contributed by atoms with Gasteiger partial charge in [0.1, 0.15) is 0 Å². The molecule has 1 aromatic heterocycles. The second-order valence-electron chi connectivity index (χ2n) is 27.3. The number of hydrogen-bond donors (Lipinski definition) is 0. The molecule has 0 radical (unpaired) electrons. The topological polar surface area (TPSA) is 6.48 Å². The molecule has 2 aliphatic heterocycles. The average molecular weight is 935 g/mol. The van der Waals surface area contributed by atoms with E-state index in [4.69, 9.17) is 0 Å². The summed E-state index contributed by atoms with van der Waals surface area (Å²) in [5, 5.41) is 1.51. The Morgan fingerprint density at radius 2 is 1.16 bits per heavy atom. The van der Waals surface area contributed by atoms with E-state index in [0.29, 0.717) is 0 Å². The van der Waals surface area contributed by atoms with Gasteiger partial charge < -0.3 is 9.80 Å². The van der Waals surface area contributed by atoms with Crippen LogP contribution in [0.1, 0.15) is 166 Å². The van der Waals surface area contributed by atoms with Gasteiger partial charge in [-0.05, 0) is 156 Å². The molecule has 2 nitrogen and oxygen atoms in total. The Kier molecular flexibility index (Phi) is 10.7. The first-order valence-electron chi connectivity index (χ1n) is 25.9. The minimum atomic E-state index is -1.47. The van der Waals surface area contributed by atoms with Gasteiger partial charge in [0.05, 0.1) is 13.8 Å². The number of nitrogens with zero attached hydrogens (tertiary/aromatic N) is 2. The lowest BCUT2D eigenvalue weighted by Crippen LogP contribution is -2.61. The number of thiophene rings is 1. The van der Waals surface area contributed by atoms with Crippen LogP contribution >= 0.6 is 11.3 Å². The number of anilines is 5. The average Bonchev–Trinajstić information content (AvgIpc) is 3.67. The Balaban J connectivity index is 1.29. The van der Waals surface area contributed by atoms with Crippen molar-refractivity contribution in [1.82, 2.24) is 0 Å². The predicted molar refractivity (Wildman–Crippen MR) is 304 cm³/mol. The highest BCUT2D eigenvalue weighted by molar-refractivity contribution is 7.29. The van der Waals surface area contributed by atoms with Gasteiger partial charge in [-0.25, -0.2) is 0 Å². The molecule has 0 atom stereocenters. The zero-order valence-corrected chi connectivity index (χ0v) is 46.9. The second kappa shape index (κ2) is 15.3. The summed E-state index contributed by atoms with van der Waals surface area (Å²) in [6, 6.07) is 37.3. The molecular weight excluding hydrogens is 856 g/mol. The zero-order valence-electron chi connectivity index (χ0n) is 45.1. The van der Waals surface area contributed by atoms with Crippen molar-refractivity contribution in [3.05, 3.63) is 135 Å². The van der Waals surface area contributed by atoms with Crippen LogP contribution in [0.4, 0.5) is 28.4 Å². The van der Waals surface area contributed by atoms with E-state index in [1.807, 2.05) is 0 Å². The smallest absolute Gasteiger partial charge is 0.264 e. The lowest BCUT2D eigenvalue weighted by Gasteiger charge is -2.47. The fourth-order valence-corrected chi connectivity index (χ4v) is 15.3. The molecule has 0 fully saturated rings. The Morgan fingerprint density at radius 1 is 0.603 bits per heavy atom. The maximum atomic E-state index is 2.77. The third kappa shape index (κ3) is 7.62. The van der Waals surface area contributed by atoms with E-state index in [1.54, 1.807) is 16.0 Å². The van der Waals surface area contributed by atoms with Crippen LogP contribution in [0, 0.1) is 6.92 Å². The first-order valence-corrected chi connectivity index (χ1v) is 30.2. The van der Waals surface area contributed by atoms with Crippen molar-refractivity contribution >= 4 is 75.4 Å². The minimum Gasteiger partial charge on any atom is -0.338 e. The highest BCUT2D eigenvalue weighted by Crippen LogP contribution is 2.57. The molecule has 6 aromatic rings. The van der Waals surface area contributed by atoms with E-state index < -0.39 is 8.07 Å². The standard InChI is InChI=1S/C63H79BN2SSi/c1-39-33-51-54-52(34-39)66(44-25-23-42(24-26-44)58(2,3)4)55-53-56(63(14,15)32-31-62(53,12)13)67-57(55)64(54)49-36-47-48(61(10,11)30-29-60(47,8)9)37-50(49)65(51)38-41-19-22-43(59(5,6)7)35-46(41)40-20-27-45(28-21-40)68(16,17)18/h19-28,33-37H,29-32,38H2,1-18H3. The van der Waals surface area contributed by atoms with Crippen molar-refractivity contribution in [1.29, 1.82) is 0 Å². The molecule has 5 aromatic carbocycles. The van der Waals surface area contributed by atoms with Crippen LogP contribution in [0.2, 0.25) is 19.6 Å². The molecule has 0 saturated carbocycles. The molecule has 2 aliphatic carbocycles. The third-order valence-electron chi connectivity index (χ3n) is 17.1. The largest absolute Gasteiger partial charge is 0.338 e. The van der Waals surface area contributed by atoms with Gasteiger partial charge in [0.25, 0.3) is 6.71 Å². The van der Waals surface area contributed by atoms with Gasteiger partial charge in [-0.2, -0.15) is 11.3 Å². The van der Waals surface area contributed by atoms with Gasteiger partial charge in [-0.15, -0.1) is 0 Å². The fraction of sp³-hybridized carbons (Fsp3) is 0.460. The first kappa shape index (κ1) is 47.4. The number of hydrogen-bond acceptors (Lipinski definition) is 3. The first-order chi connectivity index (χ1) is 31.5. The molecule has 354 valence electrons. The maximum Gasteiger partial charge on any atom is 0.264 e. The highest BCUT2D eigenvalue weighted by Gasteiger charge is 2.51. The number of aryl methyl sites for hydroxylation is 1. The van der Waals surface area contributed by atoms with Crippen molar-refractivity contribution in [3.8, 4) is 11.1 Å². The van der Waals surface area contributed by atoms with Crippen molar-refractivity contribution in [2.45, 2.75) is 188 Å². The van der Waals surface area contributed by atoms with Crippen LogP contribution in [0.15, 0.2) is 91.0 Å². The van der Waals surface area contributed by atoms with E-state index >= 15 is 0 Å². The number of benzene rings is 5. The lowest BCUT2D eigenvalue weighted by molar-refractivity contribution is 0.332. The van der Waals surface area contributed by atoms with Gasteiger partial charge >= 0.3 is 0 Å². The van der Waals surface area contributed by atoms with Crippen LogP contribution in [-0.2, 0) is 39.0 Å². The van der Waals surface area contributed by atoms with Crippen LogP contribution in [0.3, 0.4) is 0 Å². The van der Waals surface area contributed by atoms with E-state index in [0.717, 1.165) is 6.54 Å². The molecule has 5 heteroatoms. The van der Waals surface area contributed by atoms with Gasteiger partial charge in [0, 0.05) is 38.9 Å². The highest BCUT2D eigenvalue weighted by atomic mass is 32.1.